The monoisotopic (exact) mass is 474 g/mol. The number of hydrogen-bond acceptors (Lipinski definition) is 4. The molecule has 0 spiro atoms. The first kappa shape index (κ1) is 28.3. The van der Waals surface area contributed by atoms with Crippen LogP contribution in [-0.2, 0) is 22.1 Å². The molecule has 0 bridgehead atoms. The van der Waals surface area contributed by atoms with Crippen molar-refractivity contribution in [2.45, 2.75) is 83.4 Å². The van der Waals surface area contributed by atoms with Gasteiger partial charge in [-0.1, -0.05) is 43.8 Å². The number of hydrogen-bond donors (Lipinski definition) is 2. The number of rotatable bonds is 14. The predicted molar refractivity (Wildman–Crippen MR) is 121 cm³/mol. The molecule has 32 heavy (non-hydrogen) atoms. The Morgan fingerprint density at radius 2 is 1.72 bits per heavy atom. The first-order valence-corrected chi connectivity index (χ1v) is 12.5. The molecule has 1 aromatic rings. The zero-order valence-electron chi connectivity index (χ0n) is 18.8. The van der Waals surface area contributed by atoms with Crippen LogP contribution in [0.5, 0.6) is 0 Å². The van der Waals surface area contributed by atoms with Crippen LogP contribution in [0.2, 0.25) is 0 Å². The van der Waals surface area contributed by atoms with Crippen molar-refractivity contribution in [3.63, 3.8) is 0 Å². The number of anilines is 1. The fraction of sp³-hybridized carbons (Fsp3) is 0.652. The topological polar surface area (TPSA) is 96.2 Å². The van der Waals surface area contributed by atoms with E-state index in [1.807, 2.05) is 0 Å². The summed E-state index contributed by atoms with van der Waals surface area (Å²) in [6.45, 7) is 3.44. The lowest BCUT2D eigenvalue weighted by Gasteiger charge is -2.22. The van der Waals surface area contributed by atoms with Gasteiger partial charge in [-0.05, 0) is 57.2 Å². The number of amides is 1. The smallest absolute Gasteiger partial charge is 0.417 e. The van der Waals surface area contributed by atoms with Crippen molar-refractivity contribution in [3.05, 3.63) is 29.3 Å². The quantitative estimate of drug-likeness (QED) is 0.273. The molecule has 0 saturated carbocycles. The van der Waals surface area contributed by atoms with E-state index in [-0.39, 0.29) is 12.1 Å². The normalized spacial score (nSPS) is 14.4. The van der Waals surface area contributed by atoms with Crippen LogP contribution in [-0.4, -0.2) is 32.7 Å². The van der Waals surface area contributed by atoms with Crippen LogP contribution in [0, 0.1) is 11.3 Å². The van der Waals surface area contributed by atoms with Crippen molar-refractivity contribution in [2.24, 2.45) is 0 Å². The van der Waals surface area contributed by atoms with Gasteiger partial charge >= 0.3 is 6.18 Å². The van der Waals surface area contributed by atoms with E-state index in [4.69, 9.17) is 5.26 Å². The van der Waals surface area contributed by atoms with Crippen molar-refractivity contribution < 1.29 is 27.6 Å². The number of carbonyl (C=O) groups is 1. The molecule has 0 aliphatic heterocycles. The summed E-state index contributed by atoms with van der Waals surface area (Å²) in [5.74, 6) is 0.668. The van der Waals surface area contributed by atoms with Crippen molar-refractivity contribution in [1.29, 1.82) is 5.26 Å². The summed E-state index contributed by atoms with van der Waals surface area (Å²) < 4.78 is 51.0. The SMILES string of the molecule is CCCCC[S+]([O-])CCCCCCC[C@](C)(O)C(=O)Nc1ccc(C#N)c(C(F)(F)F)c1. The lowest BCUT2D eigenvalue weighted by Crippen LogP contribution is -2.40. The minimum absolute atomic E-state index is 0.131. The van der Waals surface area contributed by atoms with Gasteiger partial charge in [0.1, 0.15) is 17.1 Å². The van der Waals surface area contributed by atoms with Crippen LogP contribution in [0.1, 0.15) is 82.8 Å². The van der Waals surface area contributed by atoms with Gasteiger partial charge in [-0.3, -0.25) is 4.79 Å². The van der Waals surface area contributed by atoms with Gasteiger partial charge in [-0.15, -0.1) is 0 Å². The molecule has 1 rings (SSSR count). The Hall–Kier alpha value is -1.76. The molecule has 180 valence electrons. The number of nitrogens with one attached hydrogen (secondary N) is 1. The summed E-state index contributed by atoms with van der Waals surface area (Å²) in [7, 11) is 0. The lowest BCUT2D eigenvalue weighted by molar-refractivity contribution is -0.138. The first-order valence-electron chi connectivity index (χ1n) is 11.0. The fourth-order valence-electron chi connectivity index (χ4n) is 3.21. The van der Waals surface area contributed by atoms with E-state index in [2.05, 4.69) is 12.2 Å². The summed E-state index contributed by atoms with van der Waals surface area (Å²) in [4.78, 5) is 12.4. The Labute approximate surface area is 191 Å². The molecule has 0 aliphatic carbocycles. The molecule has 0 aliphatic rings. The highest BCUT2D eigenvalue weighted by Gasteiger charge is 2.35. The molecule has 1 aromatic carbocycles. The van der Waals surface area contributed by atoms with Gasteiger partial charge in [0.05, 0.1) is 17.2 Å². The number of aliphatic hydroxyl groups is 1. The number of nitrogens with zero attached hydrogens (tertiary/aromatic N) is 1. The van der Waals surface area contributed by atoms with E-state index < -0.39 is 40.0 Å². The van der Waals surface area contributed by atoms with E-state index in [0.717, 1.165) is 56.8 Å². The van der Waals surface area contributed by atoms with Crippen LogP contribution in [0.3, 0.4) is 0 Å². The summed E-state index contributed by atoms with van der Waals surface area (Å²) in [6, 6.07) is 4.37. The molecular formula is C23H33F3N2O3S. The van der Waals surface area contributed by atoms with Crippen LogP contribution in [0.15, 0.2) is 18.2 Å². The van der Waals surface area contributed by atoms with Gasteiger partial charge in [0, 0.05) is 5.69 Å². The maximum Gasteiger partial charge on any atom is 0.417 e. The van der Waals surface area contributed by atoms with Crippen LogP contribution >= 0.6 is 0 Å². The van der Waals surface area contributed by atoms with Gasteiger partial charge in [0.2, 0.25) is 0 Å². The fourth-order valence-corrected chi connectivity index (χ4v) is 4.47. The predicted octanol–water partition coefficient (Wildman–Crippen LogP) is 5.55. The highest BCUT2D eigenvalue weighted by Crippen LogP contribution is 2.33. The van der Waals surface area contributed by atoms with E-state index >= 15 is 0 Å². The standard InChI is InChI=1S/C23H33F3N2O3S/c1-3-4-9-14-32(31)15-10-7-5-6-8-13-22(2,30)21(29)28-19-12-11-18(17-27)20(16-19)23(24,25)26/h11-12,16,30H,3-10,13-15H2,1-2H3,(H,28,29)/t22-,32?/m0/s1. The third-order valence-corrected chi connectivity index (χ3v) is 6.69. The molecule has 5 nitrogen and oxygen atoms in total. The summed E-state index contributed by atoms with van der Waals surface area (Å²) in [5, 5.41) is 21.6. The van der Waals surface area contributed by atoms with Crippen LogP contribution in [0.25, 0.3) is 0 Å². The Bertz CT molecular complexity index is 764. The van der Waals surface area contributed by atoms with E-state index in [9.17, 15) is 27.6 Å². The van der Waals surface area contributed by atoms with Gasteiger partial charge in [-0.25, -0.2) is 0 Å². The molecule has 0 saturated heterocycles. The molecule has 2 N–H and O–H groups in total. The average molecular weight is 475 g/mol. The van der Waals surface area contributed by atoms with Gasteiger partial charge < -0.3 is 15.0 Å². The third kappa shape index (κ3) is 10.2. The third-order valence-electron chi connectivity index (χ3n) is 5.20. The highest BCUT2D eigenvalue weighted by atomic mass is 32.2. The minimum Gasteiger partial charge on any atom is -0.616 e. The Kier molecular flexibility index (Phi) is 12.1. The summed E-state index contributed by atoms with van der Waals surface area (Å²) in [5.41, 5.74) is -3.53. The summed E-state index contributed by atoms with van der Waals surface area (Å²) >= 11 is -0.759. The first-order chi connectivity index (χ1) is 15.0. The Balaban J connectivity index is 2.40. The molecule has 9 heteroatoms. The molecule has 1 amide bonds. The summed E-state index contributed by atoms with van der Waals surface area (Å²) in [6.07, 6.45) is 2.75. The molecule has 2 atom stereocenters. The van der Waals surface area contributed by atoms with Crippen molar-refractivity contribution in [2.75, 3.05) is 16.8 Å². The zero-order valence-corrected chi connectivity index (χ0v) is 19.6. The Morgan fingerprint density at radius 3 is 2.31 bits per heavy atom. The number of benzene rings is 1. The van der Waals surface area contributed by atoms with E-state index in [0.29, 0.717) is 18.2 Å². The molecular weight excluding hydrogens is 441 g/mol. The molecule has 0 aromatic heterocycles. The number of carbonyl (C=O) groups excluding carboxylic acids is 1. The molecule has 0 radical (unpaired) electrons. The van der Waals surface area contributed by atoms with Crippen LogP contribution < -0.4 is 5.32 Å². The number of nitriles is 1. The maximum atomic E-state index is 13.1. The lowest BCUT2D eigenvalue weighted by atomic mass is 9.96. The number of halogens is 3. The second kappa shape index (κ2) is 13.7. The molecule has 0 fully saturated rings. The second-order valence-electron chi connectivity index (χ2n) is 8.17. The van der Waals surface area contributed by atoms with E-state index in [1.54, 1.807) is 0 Å². The zero-order chi connectivity index (χ0) is 24.2. The van der Waals surface area contributed by atoms with Gasteiger partial charge in [-0.2, -0.15) is 18.4 Å². The Morgan fingerprint density at radius 1 is 1.12 bits per heavy atom. The van der Waals surface area contributed by atoms with E-state index in [1.165, 1.54) is 19.1 Å². The number of unbranched alkanes of at least 4 members (excludes halogenated alkanes) is 6. The largest absolute Gasteiger partial charge is 0.616 e. The van der Waals surface area contributed by atoms with Crippen molar-refractivity contribution in [3.8, 4) is 6.07 Å². The molecule has 1 unspecified atom stereocenters. The highest BCUT2D eigenvalue weighted by molar-refractivity contribution is 7.91. The number of alkyl halides is 3. The molecule has 0 heterocycles. The average Bonchev–Trinajstić information content (AvgIpc) is 2.72. The van der Waals surface area contributed by atoms with Crippen molar-refractivity contribution in [1.82, 2.24) is 0 Å². The van der Waals surface area contributed by atoms with Gasteiger partial charge in [0.25, 0.3) is 5.91 Å². The minimum atomic E-state index is -4.73. The van der Waals surface area contributed by atoms with Crippen molar-refractivity contribution >= 4 is 22.8 Å². The maximum absolute atomic E-state index is 13.1. The second-order valence-corrected chi connectivity index (χ2v) is 9.87. The van der Waals surface area contributed by atoms with Gasteiger partial charge in [0.15, 0.2) is 0 Å². The van der Waals surface area contributed by atoms with Crippen LogP contribution in [0.4, 0.5) is 18.9 Å².